The molecule has 0 saturated heterocycles. The molecule has 0 spiro atoms. The summed E-state index contributed by atoms with van der Waals surface area (Å²) in [6, 6.07) is 8.23. The Morgan fingerprint density at radius 3 is 2.72 bits per heavy atom. The van der Waals surface area contributed by atoms with Crippen LogP contribution in [0.1, 0.15) is 6.92 Å². The van der Waals surface area contributed by atoms with Gasteiger partial charge in [-0.15, -0.1) is 0 Å². The summed E-state index contributed by atoms with van der Waals surface area (Å²) in [7, 11) is 4.34. The fourth-order valence-electron chi connectivity index (χ4n) is 2.11. The lowest BCUT2D eigenvalue weighted by atomic mass is 10.1. The number of halogens is 1. The molecule has 1 heterocycles. The maximum absolute atomic E-state index is 6.01. The van der Waals surface area contributed by atoms with Crippen LogP contribution in [0.4, 0.5) is 5.69 Å². The summed E-state index contributed by atoms with van der Waals surface area (Å²) < 4.78 is 0.733. The van der Waals surface area contributed by atoms with Gasteiger partial charge in [0, 0.05) is 23.8 Å². The van der Waals surface area contributed by atoms with Gasteiger partial charge < -0.3 is 5.73 Å². The molecule has 96 valence electrons. The minimum Gasteiger partial charge on any atom is -0.325 e. The number of nitrogens with zero attached hydrogens (tertiary/aromatic N) is 2. The van der Waals surface area contributed by atoms with Crippen molar-refractivity contribution >= 4 is 28.2 Å². The van der Waals surface area contributed by atoms with E-state index in [-0.39, 0.29) is 0 Å². The quantitative estimate of drug-likeness (QED) is 0.866. The molecule has 0 saturated carbocycles. The number of likely N-dealkylation sites (N-methyl/N-ethyl adjacent to an activating group) is 1. The van der Waals surface area contributed by atoms with Crippen LogP contribution in [0.2, 0.25) is 5.02 Å². The van der Waals surface area contributed by atoms with Crippen LogP contribution in [0.25, 0.3) is 10.9 Å². The average Bonchev–Trinajstić information content (AvgIpc) is 2.36. The lowest BCUT2D eigenvalue weighted by Gasteiger charge is -2.35. The lowest BCUT2D eigenvalue weighted by molar-refractivity contribution is 0.318. The van der Waals surface area contributed by atoms with Crippen molar-refractivity contribution in [3.05, 3.63) is 35.5 Å². The summed E-state index contributed by atoms with van der Waals surface area (Å²) >= 11 is 6.01. The van der Waals surface area contributed by atoms with E-state index in [1.165, 1.54) is 5.69 Å². The van der Waals surface area contributed by atoms with Gasteiger partial charge in [0.2, 0.25) is 0 Å². The van der Waals surface area contributed by atoms with Gasteiger partial charge >= 0.3 is 0 Å². The highest BCUT2D eigenvalue weighted by atomic mass is 35.5. The maximum atomic E-state index is 6.01. The molecule has 4 heteroatoms. The minimum absolute atomic E-state index is 0.339. The fraction of sp³-hybridized carbons (Fsp3) is 0.357. The predicted molar refractivity (Wildman–Crippen MR) is 78.9 cm³/mol. The first-order chi connectivity index (χ1) is 8.46. The van der Waals surface area contributed by atoms with E-state index in [2.05, 4.69) is 32.1 Å². The van der Waals surface area contributed by atoms with E-state index < -0.39 is 0 Å². The average molecular weight is 265 g/mol. The van der Waals surface area contributed by atoms with E-state index >= 15 is 0 Å². The third-order valence-electron chi connectivity index (χ3n) is 3.75. The summed E-state index contributed by atoms with van der Waals surface area (Å²) in [4.78, 5) is 4.38. The minimum atomic E-state index is 0.339. The number of aromatic nitrogens is 1. The third-order valence-corrected chi connectivity index (χ3v) is 3.98. The number of hydrogen-bond donors (Lipinski definition) is 1. The molecule has 2 rings (SSSR count). The molecule has 0 bridgehead atoms. The van der Waals surface area contributed by atoms with Gasteiger partial charge in [0.05, 0.1) is 25.0 Å². The van der Waals surface area contributed by atoms with E-state index in [0.717, 1.165) is 15.4 Å². The molecule has 0 amide bonds. The molecule has 1 atom stereocenters. The van der Waals surface area contributed by atoms with Crippen molar-refractivity contribution in [1.82, 2.24) is 9.47 Å². The van der Waals surface area contributed by atoms with Crippen LogP contribution in [0, 0.1) is 0 Å². The second kappa shape index (κ2) is 4.84. The van der Waals surface area contributed by atoms with Gasteiger partial charge in [-0.3, -0.25) is 9.47 Å². The van der Waals surface area contributed by atoms with Crippen LogP contribution in [0.5, 0.6) is 0 Å². The molecular weight excluding hydrogens is 246 g/mol. The Labute approximate surface area is 113 Å². The van der Waals surface area contributed by atoms with Gasteiger partial charge in [-0.2, -0.15) is 0 Å². The number of rotatable bonds is 3. The molecule has 1 aromatic carbocycles. The van der Waals surface area contributed by atoms with Crippen molar-refractivity contribution in [1.29, 1.82) is 0 Å². The molecule has 2 N–H and O–H groups in total. The van der Waals surface area contributed by atoms with Gasteiger partial charge in [0.1, 0.15) is 11.7 Å². The highest BCUT2D eigenvalue weighted by Crippen LogP contribution is 2.31. The van der Waals surface area contributed by atoms with Crippen LogP contribution in [0.15, 0.2) is 30.5 Å². The Hall–Kier alpha value is -1.16. The summed E-state index contributed by atoms with van der Waals surface area (Å²) in [5.41, 5.74) is 7.95. The van der Waals surface area contributed by atoms with E-state index in [4.69, 9.17) is 17.3 Å². The van der Waals surface area contributed by atoms with E-state index in [0.29, 0.717) is 17.6 Å². The summed E-state index contributed by atoms with van der Waals surface area (Å²) in [5.74, 6) is 0. The zero-order valence-corrected chi connectivity index (χ0v) is 11.8. The van der Waals surface area contributed by atoms with Gasteiger partial charge in [-0.05, 0) is 25.1 Å². The molecule has 0 unspecified atom stereocenters. The van der Waals surface area contributed by atoms with Crippen molar-refractivity contribution in [2.75, 3.05) is 20.6 Å². The SMILES string of the molecule is C[C@H](CN)[N+](C)(C)c1ccnc2cc(Cl)ccc12. The van der Waals surface area contributed by atoms with Gasteiger partial charge in [-0.25, -0.2) is 0 Å². The summed E-state index contributed by atoms with van der Waals surface area (Å²) in [5, 5.41) is 1.84. The Kier molecular flexibility index (Phi) is 3.57. The summed E-state index contributed by atoms with van der Waals surface area (Å²) in [6.07, 6.45) is 1.83. The Bertz CT molecular complexity index is 566. The predicted octanol–water partition coefficient (Wildman–Crippen LogP) is 2.80. The monoisotopic (exact) mass is 264 g/mol. The van der Waals surface area contributed by atoms with Gasteiger partial charge in [0.25, 0.3) is 0 Å². The van der Waals surface area contributed by atoms with Crippen molar-refractivity contribution < 1.29 is 0 Å². The number of fused-ring (bicyclic) bond motifs is 1. The number of benzene rings is 1. The number of quaternary nitrogens is 1. The molecule has 2 aromatic rings. The highest BCUT2D eigenvalue weighted by molar-refractivity contribution is 6.31. The van der Waals surface area contributed by atoms with E-state index in [1.54, 1.807) is 0 Å². The third kappa shape index (κ3) is 2.21. The zero-order valence-electron chi connectivity index (χ0n) is 11.0. The van der Waals surface area contributed by atoms with Gasteiger partial charge in [-0.1, -0.05) is 11.6 Å². The lowest BCUT2D eigenvalue weighted by Crippen LogP contribution is -2.52. The number of hydrogen-bond acceptors (Lipinski definition) is 2. The number of pyridine rings is 1. The first-order valence-corrected chi connectivity index (χ1v) is 6.43. The molecule has 0 aliphatic carbocycles. The molecule has 0 fully saturated rings. The first-order valence-electron chi connectivity index (χ1n) is 6.05. The van der Waals surface area contributed by atoms with Crippen molar-refractivity contribution in [2.45, 2.75) is 13.0 Å². The number of nitrogens with two attached hydrogens (primary N) is 1. The van der Waals surface area contributed by atoms with E-state index in [1.807, 2.05) is 24.4 Å². The van der Waals surface area contributed by atoms with Crippen LogP contribution >= 0.6 is 11.6 Å². The standard InChI is InChI=1S/C14H19ClN3/c1-10(9-16)18(2,3)14-6-7-17-13-8-11(15)4-5-12(13)14/h4-8,10H,9,16H2,1-3H3/q+1/t10-/m1/s1. The van der Waals surface area contributed by atoms with Crippen molar-refractivity contribution in [2.24, 2.45) is 5.73 Å². The molecule has 18 heavy (non-hydrogen) atoms. The highest BCUT2D eigenvalue weighted by Gasteiger charge is 2.27. The Balaban J connectivity index is 2.64. The Morgan fingerprint density at radius 1 is 1.33 bits per heavy atom. The second-order valence-electron chi connectivity index (χ2n) is 5.12. The van der Waals surface area contributed by atoms with Crippen LogP contribution in [-0.4, -0.2) is 31.7 Å². The summed E-state index contributed by atoms with van der Waals surface area (Å²) in [6.45, 7) is 2.80. The topological polar surface area (TPSA) is 38.9 Å². The fourth-order valence-corrected chi connectivity index (χ4v) is 2.28. The molecule has 0 aliphatic rings. The first kappa shape index (κ1) is 13.3. The van der Waals surface area contributed by atoms with Crippen LogP contribution in [-0.2, 0) is 0 Å². The maximum Gasteiger partial charge on any atom is 0.143 e. The molecule has 1 aromatic heterocycles. The largest absolute Gasteiger partial charge is 0.325 e. The molecular formula is C14H19ClN3+. The van der Waals surface area contributed by atoms with Crippen molar-refractivity contribution in [3.63, 3.8) is 0 Å². The normalized spacial score (nSPS) is 13.8. The molecule has 0 radical (unpaired) electrons. The zero-order chi connectivity index (χ0) is 13.3. The Morgan fingerprint density at radius 2 is 2.06 bits per heavy atom. The van der Waals surface area contributed by atoms with E-state index in [9.17, 15) is 0 Å². The van der Waals surface area contributed by atoms with Crippen LogP contribution < -0.4 is 10.2 Å². The smallest absolute Gasteiger partial charge is 0.143 e. The molecule has 0 aliphatic heterocycles. The van der Waals surface area contributed by atoms with Crippen LogP contribution in [0.3, 0.4) is 0 Å². The second-order valence-corrected chi connectivity index (χ2v) is 5.55. The molecule has 3 nitrogen and oxygen atoms in total. The van der Waals surface area contributed by atoms with Gasteiger partial charge in [0.15, 0.2) is 0 Å². The van der Waals surface area contributed by atoms with Crippen molar-refractivity contribution in [3.8, 4) is 0 Å².